The van der Waals surface area contributed by atoms with E-state index in [1.807, 2.05) is 13.1 Å². The van der Waals surface area contributed by atoms with Crippen molar-refractivity contribution in [2.45, 2.75) is 38.8 Å². The van der Waals surface area contributed by atoms with Crippen LogP contribution >= 0.6 is 11.3 Å². The Morgan fingerprint density at radius 2 is 2.47 bits per heavy atom. The Kier molecular flexibility index (Phi) is 3.72. The summed E-state index contributed by atoms with van der Waals surface area (Å²) in [6, 6.07) is 0.417. The summed E-state index contributed by atoms with van der Waals surface area (Å²) < 4.78 is 0. The van der Waals surface area contributed by atoms with Gasteiger partial charge in [0, 0.05) is 23.7 Å². The molecule has 0 bridgehead atoms. The summed E-state index contributed by atoms with van der Waals surface area (Å²) >= 11 is 1.77. The first-order valence-corrected chi connectivity index (χ1v) is 6.45. The van der Waals surface area contributed by atoms with E-state index in [0.717, 1.165) is 18.1 Å². The van der Waals surface area contributed by atoms with Crippen LogP contribution in [0.4, 0.5) is 0 Å². The van der Waals surface area contributed by atoms with E-state index >= 15 is 0 Å². The third-order valence-corrected chi connectivity index (χ3v) is 4.01. The molecule has 1 heterocycles. The van der Waals surface area contributed by atoms with Gasteiger partial charge in [0.2, 0.25) is 0 Å². The normalized spacial score (nSPS) is 26.0. The highest BCUT2D eigenvalue weighted by atomic mass is 32.1. The van der Waals surface area contributed by atoms with Crippen molar-refractivity contribution in [3.63, 3.8) is 0 Å². The lowest BCUT2D eigenvalue weighted by Gasteiger charge is -2.15. The van der Waals surface area contributed by atoms with E-state index in [2.05, 4.69) is 10.3 Å². The molecule has 0 radical (unpaired) electrons. The zero-order chi connectivity index (χ0) is 10.7. The molecule has 3 nitrogen and oxygen atoms in total. The third-order valence-electron chi connectivity index (χ3n) is 3.09. The molecule has 3 N–H and O–H groups in total. The molecule has 2 rings (SSSR count). The van der Waals surface area contributed by atoms with Crippen LogP contribution in [0, 0.1) is 12.8 Å². The van der Waals surface area contributed by atoms with E-state index in [1.54, 1.807) is 11.3 Å². The maximum atomic E-state index is 6.01. The van der Waals surface area contributed by atoms with Crippen LogP contribution in [-0.2, 0) is 6.54 Å². The first-order chi connectivity index (χ1) is 7.25. The average molecular weight is 225 g/mol. The molecule has 0 spiro atoms. The van der Waals surface area contributed by atoms with Crippen LogP contribution in [0.2, 0.25) is 0 Å². The number of nitrogens with zero attached hydrogens (tertiary/aromatic N) is 1. The van der Waals surface area contributed by atoms with Gasteiger partial charge in [-0.3, -0.25) is 0 Å². The van der Waals surface area contributed by atoms with Crippen LogP contribution in [0.1, 0.15) is 29.1 Å². The summed E-state index contributed by atoms with van der Waals surface area (Å²) in [6.45, 7) is 4.04. The van der Waals surface area contributed by atoms with Crippen molar-refractivity contribution in [3.8, 4) is 0 Å². The molecule has 0 aromatic carbocycles. The monoisotopic (exact) mass is 225 g/mol. The predicted octanol–water partition coefficient (Wildman–Crippen LogP) is 1.67. The first kappa shape index (κ1) is 11.0. The van der Waals surface area contributed by atoms with E-state index in [-0.39, 0.29) is 0 Å². The van der Waals surface area contributed by atoms with E-state index in [4.69, 9.17) is 5.73 Å². The standard InChI is InChI=1S/C11H19N3S/c1-8-14-7-10(15-8)6-13-5-9-3-2-4-11(9)12/h7,9,11,13H,2-6,12H2,1H3. The van der Waals surface area contributed by atoms with E-state index in [1.165, 1.54) is 24.1 Å². The Bertz CT molecular complexity index is 311. The van der Waals surface area contributed by atoms with E-state index in [0.29, 0.717) is 12.0 Å². The number of aromatic nitrogens is 1. The van der Waals surface area contributed by atoms with Crippen LogP contribution < -0.4 is 11.1 Å². The van der Waals surface area contributed by atoms with Gasteiger partial charge >= 0.3 is 0 Å². The number of nitrogens with one attached hydrogen (secondary N) is 1. The highest BCUT2D eigenvalue weighted by Gasteiger charge is 2.22. The minimum absolute atomic E-state index is 0.417. The Hall–Kier alpha value is -0.450. The van der Waals surface area contributed by atoms with Gasteiger partial charge in [0.25, 0.3) is 0 Å². The van der Waals surface area contributed by atoms with Gasteiger partial charge in [0.1, 0.15) is 0 Å². The maximum absolute atomic E-state index is 6.01. The van der Waals surface area contributed by atoms with Gasteiger partial charge in [-0.15, -0.1) is 11.3 Å². The second-order valence-electron chi connectivity index (χ2n) is 4.33. The molecule has 0 saturated heterocycles. The quantitative estimate of drug-likeness (QED) is 0.819. The summed E-state index contributed by atoms with van der Waals surface area (Å²) in [5.74, 6) is 0.680. The lowest BCUT2D eigenvalue weighted by molar-refractivity contribution is 0.443. The summed E-state index contributed by atoms with van der Waals surface area (Å²) in [7, 11) is 0. The molecule has 1 aromatic heterocycles. The molecule has 1 aromatic rings. The Morgan fingerprint density at radius 1 is 1.60 bits per heavy atom. The van der Waals surface area contributed by atoms with Gasteiger partial charge in [-0.25, -0.2) is 4.98 Å². The molecular weight excluding hydrogens is 206 g/mol. The fourth-order valence-corrected chi connectivity index (χ4v) is 2.95. The zero-order valence-electron chi connectivity index (χ0n) is 9.20. The molecule has 2 atom stereocenters. The summed E-state index contributed by atoms with van der Waals surface area (Å²) in [5.41, 5.74) is 6.01. The number of thiazole rings is 1. The van der Waals surface area contributed by atoms with Crippen LogP contribution in [-0.4, -0.2) is 17.6 Å². The minimum Gasteiger partial charge on any atom is -0.327 e. The fraction of sp³-hybridized carbons (Fsp3) is 0.727. The number of nitrogens with two attached hydrogens (primary N) is 1. The second-order valence-corrected chi connectivity index (χ2v) is 5.65. The molecule has 84 valence electrons. The fourth-order valence-electron chi connectivity index (χ4n) is 2.19. The van der Waals surface area contributed by atoms with Crippen LogP contribution in [0.3, 0.4) is 0 Å². The van der Waals surface area contributed by atoms with Crippen molar-refractivity contribution < 1.29 is 0 Å². The highest BCUT2D eigenvalue weighted by Crippen LogP contribution is 2.23. The molecular formula is C11H19N3S. The highest BCUT2D eigenvalue weighted by molar-refractivity contribution is 7.11. The van der Waals surface area contributed by atoms with Crippen molar-refractivity contribution >= 4 is 11.3 Å². The van der Waals surface area contributed by atoms with Gasteiger partial charge < -0.3 is 11.1 Å². The van der Waals surface area contributed by atoms with Crippen molar-refractivity contribution in [3.05, 3.63) is 16.1 Å². The zero-order valence-corrected chi connectivity index (χ0v) is 10.0. The van der Waals surface area contributed by atoms with E-state index in [9.17, 15) is 0 Å². The van der Waals surface area contributed by atoms with Crippen molar-refractivity contribution in [1.29, 1.82) is 0 Å². The summed E-state index contributed by atoms with van der Waals surface area (Å²) in [5, 5.41) is 4.62. The summed E-state index contributed by atoms with van der Waals surface area (Å²) in [6.07, 6.45) is 5.75. The predicted molar refractivity (Wildman–Crippen MR) is 63.9 cm³/mol. The first-order valence-electron chi connectivity index (χ1n) is 5.63. The van der Waals surface area contributed by atoms with Gasteiger partial charge in [-0.05, 0) is 32.2 Å². The number of hydrogen-bond donors (Lipinski definition) is 2. The maximum Gasteiger partial charge on any atom is 0.0897 e. The minimum atomic E-state index is 0.417. The number of aryl methyl sites for hydroxylation is 1. The molecule has 0 amide bonds. The van der Waals surface area contributed by atoms with Crippen LogP contribution in [0.25, 0.3) is 0 Å². The van der Waals surface area contributed by atoms with Gasteiger partial charge in [-0.2, -0.15) is 0 Å². The van der Waals surface area contributed by atoms with Crippen LogP contribution in [0.5, 0.6) is 0 Å². The smallest absolute Gasteiger partial charge is 0.0897 e. The lowest BCUT2D eigenvalue weighted by Crippen LogP contribution is -2.32. The largest absolute Gasteiger partial charge is 0.327 e. The second kappa shape index (κ2) is 5.05. The van der Waals surface area contributed by atoms with Gasteiger partial charge in [0.05, 0.1) is 5.01 Å². The Balaban J connectivity index is 1.70. The van der Waals surface area contributed by atoms with Crippen molar-refractivity contribution in [2.24, 2.45) is 11.7 Å². The molecule has 1 saturated carbocycles. The Morgan fingerprint density at radius 3 is 3.07 bits per heavy atom. The van der Waals surface area contributed by atoms with Gasteiger partial charge in [0.15, 0.2) is 0 Å². The van der Waals surface area contributed by atoms with Gasteiger partial charge in [-0.1, -0.05) is 6.42 Å². The number of rotatable bonds is 4. The molecule has 1 fully saturated rings. The molecule has 0 aliphatic heterocycles. The SMILES string of the molecule is Cc1ncc(CNCC2CCCC2N)s1. The third kappa shape index (κ3) is 3.00. The molecule has 4 heteroatoms. The van der Waals surface area contributed by atoms with Crippen molar-refractivity contribution in [2.75, 3.05) is 6.54 Å². The van der Waals surface area contributed by atoms with Crippen molar-refractivity contribution in [1.82, 2.24) is 10.3 Å². The summed E-state index contributed by atoms with van der Waals surface area (Å²) in [4.78, 5) is 5.55. The van der Waals surface area contributed by atoms with E-state index < -0.39 is 0 Å². The molecule has 1 aliphatic rings. The molecule has 2 unspecified atom stereocenters. The number of hydrogen-bond acceptors (Lipinski definition) is 4. The average Bonchev–Trinajstić information content (AvgIpc) is 2.77. The lowest BCUT2D eigenvalue weighted by atomic mass is 10.1. The molecule has 1 aliphatic carbocycles. The van der Waals surface area contributed by atoms with Crippen LogP contribution in [0.15, 0.2) is 6.20 Å². The topological polar surface area (TPSA) is 50.9 Å². The molecule has 15 heavy (non-hydrogen) atoms. The Labute approximate surface area is 95.1 Å².